The second-order valence-corrected chi connectivity index (χ2v) is 6.44. The maximum absolute atomic E-state index is 13.1. The third kappa shape index (κ3) is 3.79. The first-order chi connectivity index (χ1) is 10.0. The quantitative estimate of drug-likeness (QED) is 0.843. The van der Waals surface area contributed by atoms with E-state index in [-0.39, 0.29) is 6.42 Å². The van der Waals surface area contributed by atoms with E-state index in [0.717, 1.165) is 12.0 Å². The van der Waals surface area contributed by atoms with Crippen LogP contribution < -0.4 is 5.32 Å². The third-order valence-electron chi connectivity index (χ3n) is 4.75. The molecule has 0 spiro atoms. The Morgan fingerprint density at radius 2 is 1.81 bits per heavy atom. The number of alkyl halides is 3. The van der Waals surface area contributed by atoms with Crippen molar-refractivity contribution in [1.29, 1.82) is 0 Å². The minimum atomic E-state index is -4.08. The SMILES string of the molecule is FC(F)(F)C1CCCCC1NCc1cccc(C2CC2)c1. The lowest BCUT2D eigenvalue weighted by atomic mass is 9.84. The van der Waals surface area contributed by atoms with E-state index in [2.05, 4.69) is 17.4 Å². The maximum Gasteiger partial charge on any atom is 0.393 e. The second kappa shape index (κ2) is 5.99. The molecule has 1 nitrogen and oxygen atoms in total. The molecule has 3 rings (SSSR count). The molecule has 2 unspecified atom stereocenters. The fourth-order valence-corrected chi connectivity index (χ4v) is 3.39. The minimum absolute atomic E-state index is 0.267. The summed E-state index contributed by atoms with van der Waals surface area (Å²) in [6, 6.07) is 7.87. The molecule has 1 aromatic rings. The van der Waals surface area contributed by atoms with Gasteiger partial charge in [0.2, 0.25) is 0 Å². The molecule has 21 heavy (non-hydrogen) atoms. The van der Waals surface area contributed by atoms with Gasteiger partial charge in [-0.05, 0) is 42.7 Å². The highest BCUT2D eigenvalue weighted by Crippen LogP contribution is 2.40. The molecule has 1 aromatic carbocycles. The van der Waals surface area contributed by atoms with Gasteiger partial charge in [-0.2, -0.15) is 13.2 Å². The zero-order chi connectivity index (χ0) is 14.9. The topological polar surface area (TPSA) is 12.0 Å². The van der Waals surface area contributed by atoms with Gasteiger partial charge in [-0.15, -0.1) is 0 Å². The number of rotatable bonds is 4. The van der Waals surface area contributed by atoms with Crippen LogP contribution >= 0.6 is 0 Å². The number of nitrogens with one attached hydrogen (secondary N) is 1. The van der Waals surface area contributed by atoms with E-state index in [0.29, 0.717) is 25.3 Å². The Balaban J connectivity index is 1.61. The normalized spacial score (nSPS) is 26.8. The van der Waals surface area contributed by atoms with Gasteiger partial charge in [0, 0.05) is 12.6 Å². The summed E-state index contributed by atoms with van der Waals surface area (Å²) in [7, 11) is 0. The lowest BCUT2D eigenvalue weighted by Gasteiger charge is -2.33. The van der Waals surface area contributed by atoms with Gasteiger partial charge >= 0.3 is 6.18 Å². The summed E-state index contributed by atoms with van der Waals surface area (Å²) < 4.78 is 39.2. The molecular formula is C17H22F3N. The molecule has 0 heterocycles. The Bertz CT molecular complexity index is 479. The highest BCUT2D eigenvalue weighted by molar-refractivity contribution is 5.29. The average Bonchev–Trinajstić information content (AvgIpc) is 3.29. The van der Waals surface area contributed by atoms with Crippen LogP contribution in [0.15, 0.2) is 24.3 Å². The molecular weight excluding hydrogens is 275 g/mol. The van der Waals surface area contributed by atoms with Crippen molar-refractivity contribution in [2.75, 3.05) is 0 Å². The van der Waals surface area contributed by atoms with Crippen LogP contribution in [0.1, 0.15) is 55.6 Å². The molecule has 2 aliphatic rings. The first-order valence-corrected chi connectivity index (χ1v) is 7.93. The van der Waals surface area contributed by atoms with Gasteiger partial charge in [0.15, 0.2) is 0 Å². The van der Waals surface area contributed by atoms with E-state index in [1.807, 2.05) is 12.1 Å². The fourth-order valence-electron chi connectivity index (χ4n) is 3.39. The molecule has 0 radical (unpaired) electrons. The number of benzene rings is 1. The van der Waals surface area contributed by atoms with Crippen LogP contribution in [0, 0.1) is 5.92 Å². The molecule has 116 valence electrons. The standard InChI is InChI=1S/C17H22F3N/c18-17(19,20)15-6-1-2-7-16(15)21-11-12-4-3-5-14(10-12)13-8-9-13/h3-5,10,13,15-16,21H,1-2,6-9,11H2. The molecule has 1 N–H and O–H groups in total. The third-order valence-corrected chi connectivity index (χ3v) is 4.75. The molecule has 0 saturated heterocycles. The highest BCUT2D eigenvalue weighted by atomic mass is 19.4. The van der Waals surface area contributed by atoms with Gasteiger partial charge in [-0.3, -0.25) is 0 Å². The predicted octanol–water partition coefficient (Wildman–Crippen LogP) is 4.77. The van der Waals surface area contributed by atoms with Gasteiger partial charge in [0.05, 0.1) is 5.92 Å². The predicted molar refractivity (Wildman–Crippen MR) is 77.1 cm³/mol. The van der Waals surface area contributed by atoms with Gasteiger partial charge in [0.25, 0.3) is 0 Å². The highest BCUT2D eigenvalue weighted by Gasteiger charge is 2.45. The van der Waals surface area contributed by atoms with Gasteiger partial charge in [0.1, 0.15) is 0 Å². The zero-order valence-corrected chi connectivity index (χ0v) is 12.1. The first-order valence-electron chi connectivity index (χ1n) is 7.93. The summed E-state index contributed by atoms with van der Waals surface area (Å²) in [6.45, 7) is 0.539. The van der Waals surface area contributed by atoms with Crippen LogP contribution in [0.25, 0.3) is 0 Å². The molecule has 2 atom stereocenters. The Morgan fingerprint density at radius 1 is 1.05 bits per heavy atom. The number of hydrogen-bond donors (Lipinski definition) is 1. The van der Waals surface area contributed by atoms with Crippen molar-refractivity contribution in [3.8, 4) is 0 Å². The van der Waals surface area contributed by atoms with Crippen molar-refractivity contribution >= 4 is 0 Å². The van der Waals surface area contributed by atoms with E-state index in [4.69, 9.17) is 0 Å². The van der Waals surface area contributed by atoms with Crippen LogP contribution in [0.5, 0.6) is 0 Å². The first kappa shape index (κ1) is 14.9. The van der Waals surface area contributed by atoms with E-state index in [1.165, 1.54) is 18.4 Å². The van der Waals surface area contributed by atoms with Crippen molar-refractivity contribution in [2.45, 2.75) is 63.2 Å². The summed E-state index contributed by atoms with van der Waals surface area (Å²) in [5, 5.41) is 3.16. The molecule has 2 saturated carbocycles. The van der Waals surface area contributed by atoms with Crippen molar-refractivity contribution in [2.24, 2.45) is 5.92 Å². The minimum Gasteiger partial charge on any atom is -0.309 e. The van der Waals surface area contributed by atoms with Gasteiger partial charge < -0.3 is 5.32 Å². The largest absolute Gasteiger partial charge is 0.393 e. The second-order valence-electron chi connectivity index (χ2n) is 6.44. The smallest absolute Gasteiger partial charge is 0.309 e. The Morgan fingerprint density at radius 3 is 2.52 bits per heavy atom. The summed E-state index contributed by atoms with van der Waals surface area (Å²) in [4.78, 5) is 0. The molecule has 2 aliphatic carbocycles. The van der Waals surface area contributed by atoms with Crippen molar-refractivity contribution in [3.63, 3.8) is 0 Å². The van der Waals surface area contributed by atoms with Crippen LogP contribution in [-0.2, 0) is 6.54 Å². The monoisotopic (exact) mass is 297 g/mol. The summed E-state index contributed by atoms with van der Waals surface area (Å²) in [6.07, 6.45) is 0.904. The van der Waals surface area contributed by atoms with E-state index < -0.39 is 18.1 Å². The van der Waals surface area contributed by atoms with Crippen LogP contribution in [0.4, 0.5) is 13.2 Å². The molecule has 0 amide bonds. The van der Waals surface area contributed by atoms with Crippen LogP contribution in [-0.4, -0.2) is 12.2 Å². The lowest BCUT2D eigenvalue weighted by Crippen LogP contribution is -2.45. The molecule has 0 aliphatic heterocycles. The van der Waals surface area contributed by atoms with Gasteiger partial charge in [-0.25, -0.2) is 0 Å². The van der Waals surface area contributed by atoms with Crippen LogP contribution in [0.3, 0.4) is 0 Å². The van der Waals surface area contributed by atoms with Gasteiger partial charge in [-0.1, -0.05) is 37.1 Å². The summed E-state index contributed by atoms with van der Waals surface area (Å²) in [5.41, 5.74) is 2.44. The Labute approximate surface area is 123 Å². The molecule has 2 fully saturated rings. The molecule has 0 bridgehead atoms. The van der Waals surface area contributed by atoms with E-state index in [1.54, 1.807) is 0 Å². The summed E-state index contributed by atoms with van der Waals surface area (Å²) >= 11 is 0. The molecule has 4 heteroatoms. The van der Waals surface area contributed by atoms with Crippen molar-refractivity contribution in [3.05, 3.63) is 35.4 Å². The van der Waals surface area contributed by atoms with E-state index >= 15 is 0 Å². The summed E-state index contributed by atoms with van der Waals surface area (Å²) in [5.74, 6) is -0.500. The molecule has 0 aromatic heterocycles. The fraction of sp³-hybridized carbons (Fsp3) is 0.647. The maximum atomic E-state index is 13.1. The average molecular weight is 297 g/mol. The Hall–Kier alpha value is -1.03. The van der Waals surface area contributed by atoms with Crippen molar-refractivity contribution < 1.29 is 13.2 Å². The zero-order valence-electron chi connectivity index (χ0n) is 12.1. The lowest BCUT2D eigenvalue weighted by molar-refractivity contribution is -0.189. The number of halogens is 3. The van der Waals surface area contributed by atoms with Crippen LogP contribution in [0.2, 0.25) is 0 Å². The van der Waals surface area contributed by atoms with Crippen molar-refractivity contribution in [1.82, 2.24) is 5.32 Å². The number of hydrogen-bond acceptors (Lipinski definition) is 1. The van der Waals surface area contributed by atoms with E-state index in [9.17, 15) is 13.2 Å². The Kier molecular flexibility index (Phi) is 4.25.